The Morgan fingerprint density at radius 1 is 1.38 bits per heavy atom. The fourth-order valence-electron chi connectivity index (χ4n) is 1.11. The van der Waals surface area contributed by atoms with Crippen LogP contribution >= 0.6 is 11.8 Å². The molecule has 0 unspecified atom stereocenters. The smallest absolute Gasteiger partial charge is 0.251 e. The van der Waals surface area contributed by atoms with E-state index in [0.29, 0.717) is 12.1 Å². The topological polar surface area (TPSA) is 62.2 Å². The minimum Gasteiger partial charge on any atom is -0.396 e. The van der Waals surface area contributed by atoms with Gasteiger partial charge in [-0.15, -0.1) is 0 Å². The van der Waals surface area contributed by atoms with Crippen LogP contribution in [0.2, 0.25) is 0 Å². The number of hydrogen-bond donors (Lipinski definition) is 2. The highest BCUT2D eigenvalue weighted by Crippen LogP contribution is 2.01. The summed E-state index contributed by atoms with van der Waals surface area (Å²) in [7, 11) is 0. The summed E-state index contributed by atoms with van der Waals surface area (Å²) in [5.41, 5.74) is 0.635. The lowest BCUT2D eigenvalue weighted by Gasteiger charge is -2.04. The average molecular weight is 240 g/mol. The Kier molecular flexibility index (Phi) is 6.60. The molecule has 88 valence electrons. The molecule has 1 heterocycles. The van der Waals surface area contributed by atoms with Crippen molar-refractivity contribution >= 4 is 17.7 Å². The van der Waals surface area contributed by atoms with Gasteiger partial charge in [0.15, 0.2) is 0 Å². The van der Waals surface area contributed by atoms with Crippen LogP contribution in [0.3, 0.4) is 0 Å². The fourth-order valence-corrected chi connectivity index (χ4v) is 1.89. The third-order valence-electron chi connectivity index (χ3n) is 1.92. The van der Waals surface area contributed by atoms with E-state index in [0.717, 1.165) is 17.9 Å². The number of hydrogen-bond acceptors (Lipinski definition) is 4. The number of aromatic nitrogens is 1. The number of rotatable bonds is 7. The van der Waals surface area contributed by atoms with E-state index in [1.165, 1.54) is 0 Å². The second-order valence-corrected chi connectivity index (χ2v) is 4.41. The highest BCUT2D eigenvalue weighted by molar-refractivity contribution is 7.99. The fraction of sp³-hybridized carbons (Fsp3) is 0.455. The van der Waals surface area contributed by atoms with Crippen LogP contribution in [0.25, 0.3) is 0 Å². The second-order valence-electron chi connectivity index (χ2n) is 3.18. The van der Waals surface area contributed by atoms with Crippen molar-refractivity contribution in [2.75, 3.05) is 24.7 Å². The number of carbonyl (C=O) groups is 1. The van der Waals surface area contributed by atoms with E-state index in [1.54, 1.807) is 36.3 Å². The van der Waals surface area contributed by atoms with E-state index in [2.05, 4.69) is 10.3 Å². The van der Waals surface area contributed by atoms with Gasteiger partial charge in [0.25, 0.3) is 5.91 Å². The molecule has 0 bridgehead atoms. The van der Waals surface area contributed by atoms with Crippen LogP contribution in [0.5, 0.6) is 0 Å². The van der Waals surface area contributed by atoms with Crippen LogP contribution in [-0.2, 0) is 0 Å². The molecule has 0 spiro atoms. The number of amides is 1. The first kappa shape index (κ1) is 13.0. The largest absolute Gasteiger partial charge is 0.396 e. The van der Waals surface area contributed by atoms with Crippen molar-refractivity contribution in [3.05, 3.63) is 30.1 Å². The molecule has 0 aromatic carbocycles. The molecular weight excluding hydrogens is 224 g/mol. The van der Waals surface area contributed by atoms with Crippen molar-refractivity contribution in [2.45, 2.75) is 6.42 Å². The quantitative estimate of drug-likeness (QED) is 0.696. The van der Waals surface area contributed by atoms with Crippen molar-refractivity contribution < 1.29 is 9.90 Å². The zero-order valence-electron chi connectivity index (χ0n) is 9.06. The molecule has 1 amide bonds. The van der Waals surface area contributed by atoms with Crippen molar-refractivity contribution in [1.29, 1.82) is 0 Å². The van der Waals surface area contributed by atoms with E-state index < -0.39 is 0 Å². The van der Waals surface area contributed by atoms with Crippen LogP contribution in [0.1, 0.15) is 16.8 Å². The summed E-state index contributed by atoms with van der Waals surface area (Å²) in [5, 5.41) is 11.4. The second kappa shape index (κ2) is 8.13. The van der Waals surface area contributed by atoms with Gasteiger partial charge in [0.2, 0.25) is 0 Å². The van der Waals surface area contributed by atoms with E-state index in [-0.39, 0.29) is 12.5 Å². The van der Waals surface area contributed by atoms with Gasteiger partial charge in [-0.1, -0.05) is 0 Å². The molecule has 0 fully saturated rings. The molecule has 0 radical (unpaired) electrons. The molecule has 16 heavy (non-hydrogen) atoms. The van der Waals surface area contributed by atoms with Gasteiger partial charge in [0, 0.05) is 36.9 Å². The van der Waals surface area contributed by atoms with Gasteiger partial charge >= 0.3 is 0 Å². The molecular formula is C11H16N2O2S. The number of aliphatic hydroxyl groups excluding tert-OH is 1. The van der Waals surface area contributed by atoms with Crippen molar-refractivity contribution in [1.82, 2.24) is 10.3 Å². The van der Waals surface area contributed by atoms with Crippen molar-refractivity contribution in [3.63, 3.8) is 0 Å². The molecule has 2 N–H and O–H groups in total. The van der Waals surface area contributed by atoms with Gasteiger partial charge in [-0.25, -0.2) is 0 Å². The number of nitrogens with one attached hydrogen (secondary N) is 1. The van der Waals surface area contributed by atoms with Crippen LogP contribution in [0.4, 0.5) is 0 Å². The predicted molar refractivity (Wildman–Crippen MR) is 65.6 cm³/mol. The summed E-state index contributed by atoms with van der Waals surface area (Å²) in [5.74, 6) is 1.74. The lowest BCUT2D eigenvalue weighted by atomic mass is 10.2. The summed E-state index contributed by atoms with van der Waals surface area (Å²) >= 11 is 1.73. The third kappa shape index (κ3) is 5.14. The molecule has 5 heteroatoms. The summed E-state index contributed by atoms with van der Waals surface area (Å²) in [6.07, 6.45) is 4.01. The summed E-state index contributed by atoms with van der Waals surface area (Å²) < 4.78 is 0. The lowest BCUT2D eigenvalue weighted by Crippen LogP contribution is -2.25. The first-order valence-corrected chi connectivity index (χ1v) is 6.37. The third-order valence-corrected chi connectivity index (χ3v) is 2.99. The number of nitrogens with zero attached hydrogens (tertiary/aromatic N) is 1. The molecule has 1 aromatic rings. The van der Waals surface area contributed by atoms with E-state index in [1.807, 2.05) is 0 Å². The molecule has 0 saturated heterocycles. The highest BCUT2D eigenvalue weighted by Gasteiger charge is 2.02. The van der Waals surface area contributed by atoms with Gasteiger partial charge < -0.3 is 10.4 Å². The number of aliphatic hydroxyl groups is 1. The van der Waals surface area contributed by atoms with E-state index >= 15 is 0 Å². The number of thioether (sulfide) groups is 1. The molecule has 1 rings (SSSR count). The van der Waals surface area contributed by atoms with Crippen LogP contribution in [0, 0.1) is 0 Å². The Hall–Kier alpha value is -1.07. The first-order chi connectivity index (χ1) is 7.84. The highest BCUT2D eigenvalue weighted by atomic mass is 32.2. The maximum Gasteiger partial charge on any atom is 0.251 e. The van der Waals surface area contributed by atoms with Gasteiger partial charge in [-0.3, -0.25) is 9.78 Å². The van der Waals surface area contributed by atoms with E-state index in [9.17, 15) is 4.79 Å². The normalized spacial score (nSPS) is 10.1. The standard InChI is InChI=1S/C11H16N2O2S/c14-7-1-8-16-9-6-13-11(15)10-2-4-12-5-3-10/h2-5,14H,1,6-9H2,(H,13,15). The van der Waals surface area contributed by atoms with Crippen LogP contribution < -0.4 is 5.32 Å². The van der Waals surface area contributed by atoms with Gasteiger partial charge in [0.1, 0.15) is 0 Å². The Morgan fingerprint density at radius 3 is 2.81 bits per heavy atom. The maximum atomic E-state index is 11.5. The minimum atomic E-state index is -0.0647. The molecule has 1 aromatic heterocycles. The summed E-state index contributed by atoms with van der Waals surface area (Å²) in [6.45, 7) is 0.883. The molecule has 0 aliphatic heterocycles. The Morgan fingerprint density at radius 2 is 2.12 bits per heavy atom. The SMILES string of the molecule is O=C(NCCSCCCO)c1ccncc1. The zero-order chi connectivity index (χ0) is 11.6. The van der Waals surface area contributed by atoms with Crippen molar-refractivity contribution in [3.8, 4) is 0 Å². The number of pyridine rings is 1. The Labute approximate surface area is 99.5 Å². The molecule has 0 saturated carbocycles. The van der Waals surface area contributed by atoms with E-state index in [4.69, 9.17) is 5.11 Å². The number of carbonyl (C=O) groups excluding carboxylic acids is 1. The Balaban J connectivity index is 2.12. The molecule has 0 atom stereocenters. The van der Waals surface area contributed by atoms with Crippen LogP contribution in [0.15, 0.2) is 24.5 Å². The van der Waals surface area contributed by atoms with Crippen LogP contribution in [-0.4, -0.2) is 40.7 Å². The lowest BCUT2D eigenvalue weighted by molar-refractivity contribution is 0.0956. The maximum absolute atomic E-state index is 11.5. The first-order valence-electron chi connectivity index (χ1n) is 5.21. The monoisotopic (exact) mass is 240 g/mol. The zero-order valence-corrected chi connectivity index (χ0v) is 9.87. The predicted octanol–water partition coefficient (Wildman–Crippen LogP) is 0.927. The van der Waals surface area contributed by atoms with Gasteiger partial charge in [-0.2, -0.15) is 11.8 Å². The minimum absolute atomic E-state index is 0.0647. The van der Waals surface area contributed by atoms with Gasteiger partial charge in [-0.05, 0) is 24.3 Å². The summed E-state index contributed by atoms with van der Waals surface area (Å²) in [6, 6.07) is 3.38. The molecule has 0 aliphatic rings. The molecule has 4 nitrogen and oxygen atoms in total. The Bertz CT molecular complexity index is 306. The van der Waals surface area contributed by atoms with Gasteiger partial charge in [0.05, 0.1) is 0 Å². The van der Waals surface area contributed by atoms with Crippen molar-refractivity contribution in [2.24, 2.45) is 0 Å². The summed E-state index contributed by atoms with van der Waals surface area (Å²) in [4.78, 5) is 15.4. The average Bonchev–Trinajstić information content (AvgIpc) is 2.34. The molecule has 0 aliphatic carbocycles.